The molecular weight excluding hydrogens is 352 g/mol. The minimum Gasteiger partial charge on any atom is -0.494 e. The van der Waals surface area contributed by atoms with Gasteiger partial charge in [0.15, 0.2) is 0 Å². The maximum absolute atomic E-state index is 12.3. The van der Waals surface area contributed by atoms with E-state index in [0.29, 0.717) is 18.0 Å². The second kappa shape index (κ2) is 8.33. The number of nitrogens with one attached hydrogen (secondary N) is 2. The molecule has 2 aromatic rings. The van der Waals surface area contributed by atoms with Crippen molar-refractivity contribution in [3.05, 3.63) is 53.1 Å². The predicted molar refractivity (Wildman–Crippen MR) is 102 cm³/mol. The summed E-state index contributed by atoms with van der Waals surface area (Å²) in [5.74, 6) is 0.170. The molecule has 1 amide bonds. The third-order valence-electron chi connectivity index (χ3n) is 3.81. The zero-order valence-electron chi connectivity index (χ0n) is 15.4. The van der Waals surface area contributed by atoms with Gasteiger partial charge in [-0.15, -0.1) is 0 Å². The first kappa shape index (κ1) is 19.9. The fourth-order valence-electron chi connectivity index (χ4n) is 2.69. The number of sulfonamides is 1. The summed E-state index contributed by atoms with van der Waals surface area (Å²) in [6.07, 6.45) is 0. The second-order valence-electron chi connectivity index (χ2n) is 6.05. The molecule has 6 nitrogen and oxygen atoms in total. The molecule has 0 aliphatic rings. The lowest BCUT2D eigenvalue weighted by molar-refractivity contribution is -0.115. The van der Waals surface area contributed by atoms with Crippen LogP contribution < -0.4 is 14.8 Å². The highest BCUT2D eigenvalue weighted by molar-refractivity contribution is 7.89. The van der Waals surface area contributed by atoms with E-state index in [1.807, 2.05) is 39.8 Å². The number of aryl methyl sites for hydroxylation is 3. The fraction of sp³-hybridized carbons (Fsp3) is 0.316. The number of hydrogen-bond donors (Lipinski definition) is 2. The molecular formula is C19H24N2O4S. The van der Waals surface area contributed by atoms with Crippen LogP contribution >= 0.6 is 0 Å². The molecule has 0 aliphatic carbocycles. The van der Waals surface area contributed by atoms with Crippen molar-refractivity contribution in [3.63, 3.8) is 0 Å². The van der Waals surface area contributed by atoms with Crippen LogP contribution in [0.25, 0.3) is 0 Å². The Balaban J connectivity index is 2.02. The van der Waals surface area contributed by atoms with E-state index in [4.69, 9.17) is 4.74 Å². The summed E-state index contributed by atoms with van der Waals surface area (Å²) in [6, 6.07) is 9.98. The van der Waals surface area contributed by atoms with Gasteiger partial charge in [0.05, 0.1) is 18.0 Å². The highest BCUT2D eigenvalue weighted by atomic mass is 32.2. The predicted octanol–water partition coefficient (Wildman–Crippen LogP) is 2.93. The molecule has 7 heteroatoms. The number of rotatable bonds is 7. The van der Waals surface area contributed by atoms with Crippen molar-refractivity contribution in [2.24, 2.45) is 0 Å². The maximum Gasteiger partial charge on any atom is 0.241 e. The monoisotopic (exact) mass is 376 g/mol. The Kier molecular flexibility index (Phi) is 6.39. The van der Waals surface area contributed by atoms with Crippen LogP contribution in [0.5, 0.6) is 5.75 Å². The molecule has 0 atom stereocenters. The normalized spacial score (nSPS) is 11.2. The zero-order valence-corrected chi connectivity index (χ0v) is 16.2. The van der Waals surface area contributed by atoms with Crippen LogP contribution in [0, 0.1) is 20.8 Å². The Morgan fingerprint density at radius 3 is 2.15 bits per heavy atom. The molecule has 0 saturated carbocycles. The topological polar surface area (TPSA) is 84.5 Å². The Hall–Kier alpha value is -2.38. The van der Waals surface area contributed by atoms with Gasteiger partial charge >= 0.3 is 0 Å². The maximum atomic E-state index is 12.3. The molecule has 0 bridgehead atoms. The van der Waals surface area contributed by atoms with Gasteiger partial charge in [0, 0.05) is 5.69 Å². The molecule has 0 unspecified atom stereocenters. The van der Waals surface area contributed by atoms with E-state index in [0.717, 1.165) is 16.7 Å². The molecule has 0 heterocycles. The fourth-order valence-corrected chi connectivity index (χ4v) is 3.67. The molecule has 0 aromatic heterocycles. The molecule has 26 heavy (non-hydrogen) atoms. The van der Waals surface area contributed by atoms with Gasteiger partial charge in [0.1, 0.15) is 5.75 Å². The average Bonchev–Trinajstić information content (AvgIpc) is 2.57. The van der Waals surface area contributed by atoms with Crippen LogP contribution in [0.1, 0.15) is 23.6 Å². The number of anilines is 1. The minimum atomic E-state index is -3.77. The molecule has 0 saturated heterocycles. The van der Waals surface area contributed by atoms with Crippen LogP contribution in [0.15, 0.2) is 41.3 Å². The van der Waals surface area contributed by atoms with Crippen LogP contribution in [-0.4, -0.2) is 27.5 Å². The van der Waals surface area contributed by atoms with Crippen molar-refractivity contribution in [1.82, 2.24) is 4.72 Å². The lowest BCUT2D eigenvalue weighted by Crippen LogP contribution is -2.33. The van der Waals surface area contributed by atoms with Crippen LogP contribution in [0.4, 0.5) is 5.69 Å². The minimum absolute atomic E-state index is 0.0800. The molecule has 2 N–H and O–H groups in total. The van der Waals surface area contributed by atoms with Gasteiger partial charge in [0.2, 0.25) is 15.9 Å². The van der Waals surface area contributed by atoms with Crippen molar-refractivity contribution in [3.8, 4) is 5.75 Å². The van der Waals surface area contributed by atoms with E-state index >= 15 is 0 Å². The molecule has 0 fully saturated rings. The third kappa shape index (κ3) is 5.06. The van der Waals surface area contributed by atoms with Gasteiger partial charge in [-0.2, -0.15) is 0 Å². The number of carbonyl (C=O) groups excluding carboxylic acids is 1. The summed E-state index contributed by atoms with van der Waals surface area (Å²) in [7, 11) is -3.77. The number of hydrogen-bond acceptors (Lipinski definition) is 4. The summed E-state index contributed by atoms with van der Waals surface area (Å²) < 4.78 is 32.2. The summed E-state index contributed by atoms with van der Waals surface area (Å²) in [6.45, 7) is 7.79. The first-order valence-electron chi connectivity index (χ1n) is 8.33. The lowest BCUT2D eigenvalue weighted by Gasteiger charge is -2.13. The van der Waals surface area contributed by atoms with E-state index in [9.17, 15) is 13.2 Å². The lowest BCUT2D eigenvalue weighted by atomic mass is 10.1. The average molecular weight is 376 g/mol. The molecule has 140 valence electrons. The van der Waals surface area contributed by atoms with Crippen molar-refractivity contribution < 1.29 is 17.9 Å². The van der Waals surface area contributed by atoms with Gasteiger partial charge in [-0.1, -0.05) is 17.7 Å². The van der Waals surface area contributed by atoms with Crippen LogP contribution in [0.2, 0.25) is 0 Å². The van der Waals surface area contributed by atoms with Crippen molar-refractivity contribution in [2.75, 3.05) is 18.5 Å². The number of amides is 1. The SMILES string of the molecule is CCOc1ccc(S(=O)(=O)NCC(=O)Nc2c(C)cc(C)cc2C)cc1. The van der Waals surface area contributed by atoms with Gasteiger partial charge in [0.25, 0.3) is 0 Å². The number of ether oxygens (including phenoxy) is 1. The van der Waals surface area contributed by atoms with Gasteiger partial charge in [-0.25, -0.2) is 13.1 Å². The smallest absolute Gasteiger partial charge is 0.241 e. The molecule has 0 radical (unpaired) electrons. The quantitative estimate of drug-likeness (QED) is 0.778. The van der Waals surface area contributed by atoms with E-state index in [1.165, 1.54) is 12.1 Å². The molecule has 0 spiro atoms. The molecule has 2 rings (SSSR count). The number of benzene rings is 2. The molecule has 2 aromatic carbocycles. The first-order chi connectivity index (χ1) is 12.2. The zero-order chi connectivity index (χ0) is 19.3. The summed E-state index contributed by atoms with van der Waals surface area (Å²) in [5, 5.41) is 2.77. The van der Waals surface area contributed by atoms with E-state index < -0.39 is 15.9 Å². The summed E-state index contributed by atoms with van der Waals surface area (Å²) in [4.78, 5) is 12.2. The van der Waals surface area contributed by atoms with Crippen molar-refractivity contribution in [1.29, 1.82) is 0 Å². The van der Waals surface area contributed by atoms with Crippen molar-refractivity contribution >= 4 is 21.6 Å². The van der Waals surface area contributed by atoms with E-state index in [2.05, 4.69) is 10.0 Å². The Morgan fingerprint density at radius 2 is 1.62 bits per heavy atom. The first-order valence-corrected chi connectivity index (χ1v) is 9.81. The number of carbonyl (C=O) groups is 1. The van der Waals surface area contributed by atoms with Crippen molar-refractivity contribution in [2.45, 2.75) is 32.6 Å². The summed E-state index contributed by atoms with van der Waals surface area (Å²) >= 11 is 0. The van der Waals surface area contributed by atoms with Crippen LogP contribution in [0.3, 0.4) is 0 Å². The second-order valence-corrected chi connectivity index (χ2v) is 7.82. The summed E-state index contributed by atoms with van der Waals surface area (Å²) in [5.41, 5.74) is 3.69. The highest BCUT2D eigenvalue weighted by Gasteiger charge is 2.16. The van der Waals surface area contributed by atoms with Gasteiger partial charge in [-0.3, -0.25) is 4.79 Å². The van der Waals surface area contributed by atoms with E-state index in [-0.39, 0.29) is 11.4 Å². The highest BCUT2D eigenvalue weighted by Crippen LogP contribution is 2.21. The van der Waals surface area contributed by atoms with Crippen LogP contribution in [-0.2, 0) is 14.8 Å². The Labute approximate surface area is 154 Å². The largest absolute Gasteiger partial charge is 0.494 e. The van der Waals surface area contributed by atoms with E-state index in [1.54, 1.807) is 12.1 Å². The van der Waals surface area contributed by atoms with Gasteiger partial charge < -0.3 is 10.1 Å². The standard InChI is InChI=1S/C19H24N2O4S/c1-5-25-16-6-8-17(9-7-16)26(23,24)20-12-18(22)21-19-14(3)10-13(2)11-15(19)4/h6-11,20H,5,12H2,1-4H3,(H,21,22). The van der Waals surface area contributed by atoms with Gasteiger partial charge in [-0.05, 0) is 63.1 Å². The third-order valence-corrected chi connectivity index (χ3v) is 5.23. The molecule has 0 aliphatic heterocycles. The Morgan fingerprint density at radius 1 is 1.04 bits per heavy atom. The Bertz CT molecular complexity index is 867.